The molecule has 0 unspecified atom stereocenters. The maximum absolute atomic E-state index is 13.6. The predicted octanol–water partition coefficient (Wildman–Crippen LogP) is 4.71. The molecule has 2 aromatic carbocycles. The minimum atomic E-state index is -0.103. The van der Waals surface area contributed by atoms with Crippen molar-refractivity contribution in [2.24, 2.45) is 0 Å². The summed E-state index contributed by atoms with van der Waals surface area (Å²) in [5, 5.41) is 2.97. The number of amides is 1. The third kappa shape index (κ3) is 5.33. The monoisotopic (exact) mass is 569 g/mol. The van der Waals surface area contributed by atoms with Crippen molar-refractivity contribution in [3.8, 4) is 17.2 Å². The summed E-state index contributed by atoms with van der Waals surface area (Å²) in [5.41, 5.74) is 3.61. The Morgan fingerprint density at radius 1 is 1.03 bits per heavy atom. The van der Waals surface area contributed by atoms with E-state index in [0.29, 0.717) is 53.7 Å². The van der Waals surface area contributed by atoms with Crippen molar-refractivity contribution in [2.45, 2.75) is 32.1 Å². The molecule has 0 aliphatic carbocycles. The molecule has 2 aromatic rings. The molecule has 1 amide bonds. The van der Waals surface area contributed by atoms with E-state index in [4.69, 9.17) is 14.2 Å². The van der Waals surface area contributed by atoms with E-state index in [9.17, 15) is 9.59 Å². The van der Waals surface area contributed by atoms with Gasteiger partial charge in [0.15, 0.2) is 11.5 Å². The third-order valence-corrected chi connectivity index (χ3v) is 8.01. The van der Waals surface area contributed by atoms with Gasteiger partial charge in [-0.2, -0.15) is 0 Å². The number of ketones is 1. The number of likely N-dealkylation sites (N-methyl/N-ethyl adjacent to an activating group) is 1. The highest BCUT2D eigenvalue weighted by atomic mass is 79.9. The Kier molecular flexibility index (Phi) is 7.71. The minimum Gasteiger partial charge on any atom is -0.492 e. The molecule has 1 N–H and O–H groups in total. The first-order chi connectivity index (χ1) is 18.0. The van der Waals surface area contributed by atoms with Crippen LogP contribution in [0, 0.1) is 0 Å². The van der Waals surface area contributed by atoms with E-state index >= 15 is 0 Å². The van der Waals surface area contributed by atoms with Crippen LogP contribution >= 0.6 is 15.9 Å². The Morgan fingerprint density at radius 3 is 2.43 bits per heavy atom. The molecule has 1 saturated heterocycles. The standard InChI is InChI=1S/C28H32BrN3O5/c1-31-14-11-20-21(26(35-2)28-27(24(20)29)36-17-37-28)15-22(31)25(34)18-7-9-19(10-8-18)30-23(33)16-32-12-5-3-4-6-13-32/h7-10,15H,3-6,11-14,16-17H2,1-2H3,(H,30,33). The number of benzene rings is 2. The molecular weight excluding hydrogens is 538 g/mol. The van der Waals surface area contributed by atoms with Crippen LogP contribution < -0.4 is 19.5 Å². The number of rotatable bonds is 6. The van der Waals surface area contributed by atoms with Crippen molar-refractivity contribution in [3.63, 3.8) is 0 Å². The molecule has 3 aliphatic heterocycles. The molecule has 3 aliphatic rings. The molecule has 1 fully saturated rings. The molecule has 0 radical (unpaired) electrons. The lowest BCUT2D eigenvalue weighted by atomic mass is 10.0. The Balaban J connectivity index is 1.35. The van der Waals surface area contributed by atoms with Gasteiger partial charge in [-0.25, -0.2) is 0 Å². The molecule has 9 heteroatoms. The van der Waals surface area contributed by atoms with Crippen molar-refractivity contribution >= 4 is 39.4 Å². The number of hydrogen-bond acceptors (Lipinski definition) is 7. The van der Waals surface area contributed by atoms with Crippen molar-refractivity contribution in [2.75, 3.05) is 52.4 Å². The number of anilines is 1. The maximum atomic E-state index is 13.6. The van der Waals surface area contributed by atoms with Crippen LogP contribution in [0.5, 0.6) is 17.2 Å². The van der Waals surface area contributed by atoms with Gasteiger partial charge in [0.2, 0.25) is 24.2 Å². The molecule has 5 rings (SSSR count). The van der Waals surface area contributed by atoms with E-state index in [1.165, 1.54) is 12.8 Å². The topological polar surface area (TPSA) is 80.3 Å². The zero-order valence-corrected chi connectivity index (χ0v) is 22.9. The molecule has 0 bridgehead atoms. The number of hydrogen-bond donors (Lipinski definition) is 1. The Morgan fingerprint density at radius 2 is 1.73 bits per heavy atom. The summed E-state index contributed by atoms with van der Waals surface area (Å²) in [6, 6.07) is 7.09. The average Bonchev–Trinajstić information content (AvgIpc) is 3.14. The van der Waals surface area contributed by atoms with Crippen LogP contribution in [0.25, 0.3) is 6.08 Å². The lowest BCUT2D eigenvalue weighted by Gasteiger charge is -2.20. The number of nitrogens with one attached hydrogen (secondary N) is 1. The van der Waals surface area contributed by atoms with Gasteiger partial charge in [0.1, 0.15) is 0 Å². The van der Waals surface area contributed by atoms with Crippen molar-refractivity contribution in [1.29, 1.82) is 0 Å². The van der Waals surface area contributed by atoms with Gasteiger partial charge in [-0.15, -0.1) is 0 Å². The number of likely N-dealkylation sites (tertiary alicyclic amines) is 1. The van der Waals surface area contributed by atoms with Crippen molar-refractivity contribution in [1.82, 2.24) is 9.80 Å². The lowest BCUT2D eigenvalue weighted by Crippen LogP contribution is -2.33. The number of halogens is 1. The lowest BCUT2D eigenvalue weighted by molar-refractivity contribution is -0.117. The van der Waals surface area contributed by atoms with E-state index in [1.54, 1.807) is 31.4 Å². The van der Waals surface area contributed by atoms with E-state index in [2.05, 4.69) is 26.1 Å². The number of nitrogens with zero attached hydrogens (tertiary/aromatic N) is 2. The number of carbonyl (C=O) groups excluding carboxylic acids is 2. The van der Waals surface area contributed by atoms with Gasteiger partial charge in [0, 0.05) is 30.4 Å². The highest BCUT2D eigenvalue weighted by molar-refractivity contribution is 9.10. The Labute approximate surface area is 225 Å². The van der Waals surface area contributed by atoms with Gasteiger partial charge in [-0.3, -0.25) is 14.5 Å². The summed E-state index contributed by atoms with van der Waals surface area (Å²) < 4.78 is 17.9. The second-order valence-electron chi connectivity index (χ2n) is 9.65. The largest absolute Gasteiger partial charge is 0.492 e. The molecule has 196 valence electrons. The fraction of sp³-hybridized carbons (Fsp3) is 0.429. The van der Waals surface area contributed by atoms with Gasteiger partial charge in [0.25, 0.3) is 0 Å². The Hall–Kier alpha value is -3.04. The first-order valence-electron chi connectivity index (χ1n) is 12.7. The first-order valence-corrected chi connectivity index (χ1v) is 13.5. The van der Waals surface area contributed by atoms with E-state index in [0.717, 1.165) is 41.5 Å². The normalized spacial score (nSPS) is 17.4. The van der Waals surface area contributed by atoms with Crippen molar-refractivity contribution < 1.29 is 23.8 Å². The summed E-state index contributed by atoms with van der Waals surface area (Å²) in [5.74, 6) is 1.61. The third-order valence-electron chi connectivity index (χ3n) is 7.18. The minimum absolute atomic E-state index is 0.0276. The predicted molar refractivity (Wildman–Crippen MR) is 145 cm³/mol. The zero-order valence-electron chi connectivity index (χ0n) is 21.3. The van der Waals surface area contributed by atoms with Gasteiger partial charge in [-0.1, -0.05) is 12.8 Å². The summed E-state index contributed by atoms with van der Waals surface area (Å²) in [7, 11) is 3.50. The fourth-order valence-corrected chi connectivity index (χ4v) is 5.87. The van der Waals surface area contributed by atoms with Crippen LogP contribution in [0.1, 0.15) is 47.2 Å². The smallest absolute Gasteiger partial charge is 0.238 e. The van der Waals surface area contributed by atoms with Crippen LogP contribution in [0.3, 0.4) is 0 Å². The van der Waals surface area contributed by atoms with Crippen LogP contribution in [-0.4, -0.2) is 68.6 Å². The number of Topliss-reactive ketones (excluding diaryl/α,β-unsaturated/α-hetero) is 1. The maximum Gasteiger partial charge on any atom is 0.238 e. The average molecular weight is 570 g/mol. The van der Waals surface area contributed by atoms with Gasteiger partial charge in [-0.05, 0) is 84.2 Å². The van der Waals surface area contributed by atoms with Crippen LogP contribution in [-0.2, 0) is 11.2 Å². The van der Waals surface area contributed by atoms with E-state index in [-0.39, 0.29) is 18.5 Å². The molecule has 0 atom stereocenters. The highest BCUT2D eigenvalue weighted by Crippen LogP contribution is 2.51. The zero-order chi connectivity index (χ0) is 25.9. The van der Waals surface area contributed by atoms with Crippen LogP contribution in [0.2, 0.25) is 0 Å². The quantitative estimate of drug-likeness (QED) is 0.504. The molecule has 3 heterocycles. The summed E-state index contributed by atoms with van der Waals surface area (Å²) in [6.07, 6.45) is 7.33. The molecule has 37 heavy (non-hydrogen) atoms. The SMILES string of the molecule is COc1c2c(c(Br)c3c1OCO3)CCN(C)C(C(=O)c1ccc(NC(=O)CN3CCCCCC3)cc1)=C2. The molecular formula is C28H32BrN3O5. The summed E-state index contributed by atoms with van der Waals surface area (Å²) in [6.45, 7) is 3.11. The Bertz CT molecular complexity index is 1220. The highest BCUT2D eigenvalue weighted by Gasteiger charge is 2.31. The second-order valence-corrected chi connectivity index (χ2v) is 10.4. The van der Waals surface area contributed by atoms with Crippen LogP contribution in [0.4, 0.5) is 5.69 Å². The van der Waals surface area contributed by atoms with Crippen molar-refractivity contribution in [3.05, 3.63) is 51.1 Å². The second kappa shape index (κ2) is 11.1. The van der Waals surface area contributed by atoms with Crippen LogP contribution in [0.15, 0.2) is 34.4 Å². The first kappa shape index (κ1) is 25.6. The number of fused-ring (bicyclic) bond motifs is 2. The van der Waals surface area contributed by atoms with E-state index in [1.807, 2.05) is 18.0 Å². The van der Waals surface area contributed by atoms with E-state index < -0.39 is 0 Å². The number of allylic oxidation sites excluding steroid dienone is 1. The molecule has 8 nitrogen and oxygen atoms in total. The molecule has 0 aromatic heterocycles. The molecule has 0 spiro atoms. The fourth-order valence-electron chi connectivity index (χ4n) is 5.16. The number of methoxy groups -OCH3 is 1. The molecule has 0 saturated carbocycles. The number of carbonyl (C=O) groups is 2. The van der Waals surface area contributed by atoms with Gasteiger partial charge < -0.3 is 24.4 Å². The summed E-state index contributed by atoms with van der Waals surface area (Å²) in [4.78, 5) is 30.3. The summed E-state index contributed by atoms with van der Waals surface area (Å²) >= 11 is 3.67. The van der Waals surface area contributed by atoms with Gasteiger partial charge >= 0.3 is 0 Å². The number of ether oxygens (including phenoxy) is 3. The van der Waals surface area contributed by atoms with Gasteiger partial charge in [0.05, 0.1) is 23.8 Å².